The zero-order valence-corrected chi connectivity index (χ0v) is 31.7. The molecule has 1 N–H and O–H groups in total. The molecule has 6 rings (SSSR count). The van der Waals surface area contributed by atoms with E-state index in [1.807, 2.05) is 43.9 Å². The van der Waals surface area contributed by atoms with Gasteiger partial charge in [-0.2, -0.15) is 5.10 Å². The highest BCUT2D eigenvalue weighted by molar-refractivity contribution is 6.61. The molecule has 11 nitrogen and oxygen atoms in total. The fraction of sp³-hybridized carbons (Fsp3) is 0.439. The van der Waals surface area contributed by atoms with Crippen molar-refractivity contribution in [3.8, 4) is 22.8 Å². The molecule has 0 saturated carbocycles. The lowest BCUT2D eigenvalue weighted by atomic mass is 9.86. The summed E-state index contributed by atoms with van der Waals surface area (Å²) in [5.41, 5.74) is 6.95. The fourth-order valence-corrected chi connectivity index (χ4v) is 7.20. The maximum atomic E-state index is 12.3. The number of carbonyl (C=O) groups excluding carboxylic acids is 2. The van der Waals surface area contributed by atoms with Gasteiger partial charge in [-0.1, -0.05) is 58.0 Å². The van der Waals surface area contributed by atoms with Gasteiger partial charge in [0.05, 0.1) is 30.8 Å². The summed E-state index contributed by atoms with van der Waals surface area (Å²) in [7, 11) is 0. The number of carboxylic acid groups (broad SMARTS) is 1. The van der Waals surface area contributed by atoms with E-state index in [0.29, 0.717) is 50.2 Å². The molecule has 12 heteroatoms. The lowest BCUT2D eigenvalue weighted by Crippen LogP contribution is -2.38. The third-order valence-corrected chi connectivity index (χ3v) is 9.78. The lowest BCUT2D eigenvalue weighted by molar-refractivity contribution is 0.0695. The predicted octanol–water partition coefficient (Wildman–Crippen LogP) is 9.32. The van der Waals surface area contributed by atoms with Crippen molar-refractivity contribution in [1.82, 2.24) is 19.7 Å². The van der Waals surface area contributed by atoms with Crippen LogP contribution in [-0.2, 0) is 28.7 Å². The van der Waals surface area contributed by atoms with Crippen LogP contribution in [0.15, 0.2) is 60.8 Å². The molecule has 53 heavy (non-hydrogen) atoms. The molecule has 2 aromatic heterocycles. The van der Waals surface area contributed by atoms with Crippen LogP contribution >= 0.6 is 11.6 Å². The molecule has 1 amide bonds. The largest absolute Gasteiger partial charge is 0.486 e. The van der Waals surface area contributed by atoms with E-state index in [9.17, 15) is 19.5 Å². The number of fused-ring (bicyclic) bond motifs is 1. The number of amides is 1. The van der Waals surface area contributed by atoms with Crippen molar-refractivity contribution in [2.75, 3.05) is 26.3 Å². The zero-order chi connectivity index (χ0) is 37.9. The predicted molar refractivity (Wildman–Crippen MR) is 203 cm³/mol. The molecule has 1 aliphatic heterocycles. The van der Waals surface area contributed by atoms with Gasteiger partial charge in [-0.25, -0.2) is 24.0 Å². The van der Waals surface area contributed by atoms with Crippen molar-refractivity contribution in [3.05, 3.63) is 94.3 Å². The highest BCUT2D eigenvalue weighted by Gasteiger charge is 2.30. The van der Waals surface area contributed by atoms with E-state index in [2.05, 4.69) is 53.2 Å². The van der Waals surface area contributed by atoms with Gasteiger partial charge in [-0.3, -0.25) is 0 Å². The summed E-state index contributed by atoms with van der Waals surface area (Å²) >= 11 is 4.80. The molecule has 282 valence electrons. The zero-order valence-electron chi connectivity index (χ0n) is 31.0. The van der Waals surface area contributed by atoms with Crippen molar-refractivity contribution < 1.29 is 33.7 Å². The van der Waals surface area contributed by atoms with Crippen molar-refractivity contribution in [3.63, 3.8) is 0 Å². The summed E-state index contributed by atoms with van der Waals surface area (Å²) in [6.07, 6.45) is 7.82. The molecule has 2 aliphatic rings. The highest BCUT2D eigenvalue weighted by Crippen LogP contribution is 2.42. The van der Waals surface area contributed by atoms with Gasteiger partial charge in [-0.15, -0.1) is 0 Å². The number of pyridine rings is 1. The van der Waals surface area contributed by atoms with Crippen LogP contribution < -0.4 is 4.74 Å². The number of benzene rings is 2. The average Bonchev–Trinajstić information content (AvgIpc) is 3.81. The molecule has 2 aromatic carbocycles. The first-order chi connectivity index (χ1) is 25.7. The maximum absolute atomic E-state index is 12.3. The van der Waals surface area contributed by atoms with Crippen LogP contribution in [-0.4, -0.2) is 68.6 Å². The topological polar surface area (TPSA) is 133 Å². The monoisotopic (exact) mass is 744 g/mol. The number of hydrogen-bond acceptors (Lipinski definition) is 8. The number of hydrogen-bond donors (Lipinski definition) is 1. The summed E-state index contributed by atoms with van der Waals surface area (Å²) < 4.78 is 18.0. The van der Waals surface area contributed by atoms with Gasteiger partial charge in [-0.05, 0) is 98.2 Å². The molecule has 1 atom stereocenters. The molecule has 0 radical (unpaired) electrons. The summed E-state index contributed by atoms with van der Waals surface area (Å²) in [5.74, 6) is 0.864. The van der Waals surface area contributed by atoms with Crippen LogP contribution in [0, 0.1) is 0 Å². The van der Waals surface area contributed by atoms with Crippen molar-refractivity contribution in [1.29, 1.82) is 0 Å². The Balaban J connectivity index is 0.000000705. The van der Waals surface area contributed by atoms with Crippen LogP contribution in [0.5, 0.6) is 5.75 Å². The van der Waals surface area contributed by atoms with E-state index in [1.165, 1.54) is 22.9 Å². The van der Waals surface area contributed by atoms with Crippen molar-refractivity contribution >= 4 is 29.1 Å². The van der Waals surface area contributed by atoms with Gasteiger partial charge in [0.2, 0.25) is 0 Å². The maximum Gasteiger partial charge on any atom is 0.409 e. The van der Waals surface area contributed by atoms with Crippen molar-refractivity contribution in [2.24, 2.45) is 0 Å². The Morgan fingerprint density at radius 1 is 0.906 bits per heavy atom. The van der Waals surface area contributed by atoms with Gasteiger partial charge < -0.3 is 24.2 Å². The Kier molecular flexibility index (Phi) is 13.9. The van der Waals surface area contributed by atoms with E-state index in [-0.39, 0.29) is 17.8 Å². The number of aromatic nitrogens is 3. The van der Waals surface area contributed by atoms with Crippen LogP contribution in [0.3, 0.4) is 0 Å². The molecular formula is C41H49ClN4O7. The van der Waals surface area contributed by atoms with Crippen LogP contribution in [0.25, 0.3) is 17.1 Å². The highest BCUT2D eigenvalue weighted by atomic mass is 35.5. The summed E-state index contributed by atoms with van der Waals surface area (Å²) in [4.78, 5) is 40.6. The average molecular weight is 745 g/mol. The minimum absolute atomic E-state index is 0.112. The number of carbonyl (C=O) groups is 3. The van der Waals surface area contributed by atoms with Crippen LogP contribution in [0.1, 0.15) is 110 Å². The number of aromatic carboxylic acids is 1. The molecule has 4 aromatic rings. The second-order valence-corrected chi connectivity index (χ2v) is 13.5. The minimum atomic E-state index is -0.992. The van der Waals surface area contributed by atoms with E-state index in [1.54, 1.807) is 4.68 Å². The lowest BCUT2D eigenvalue weighted by Gasteiger charge is -2.32. The molecule has 0 spiro atoms. The summed E-state index contributed by atoms with van der Waals surface area (Å²) in [5, 5.41) is 14.0. The Hall–Kier alpha value is -4.90. The van der Waals surface area contributed by atoms with E-state index in [4.69, 9.17) is 26.1 Å². The normalized spacial score (nSPS) is 15.3. The Morgan fingerprint density at radius 2 is 1.64 bits per heavy atom. The van der Waals surface area contributed by atoms with Gasteiger partial charge in [0.15, 0.2) is 5.82 Å². The second-order valence-electron chi connectivity index (χ2n) is 13.2. The van der Waals surface area contributed by atoms with Gasteiger partial charge in [0, 0.05) is 35.8 Å². The van der Waals surface area contributed by atoms with Gasteiger partial charge >= 0.3 is 17.5 Å². The molecule has 3 heterocycles. The van der Waals surface area contributed by atoms with Crippen LogP contribution in [0.2, 0.25) is 0 Å². The third kappa shape index (κ3) is 9.56. The molecule has 0 unspecified atom stereocenters. The SMILES string of the molecule is CCCOC(=O)Cl.CCCOC(=O)N1CCC(c2ccc(O[C@H]3CCc4cccc(-c5cccc(-n6ncc(C(=O)O)c6CC)n5)c43)cc2CC)CC1. The first-order valence-corrected chi connectivity index (χ1v) is 19.0. The number of aryl methyl sites for hydroxylation is 2. The van der Waals surface area contributed by atoms with E-state index >= 15 is 0 Å². The fourth-order valence-electron chi connectivity index (χ4n) is 7.12. The molecular weight excluding hydrogens is 696 g/mol. The van der Waals surface area contributed by atoms with E-state index in [0.717, 1.165) is 67.5 Å². The second kappa shape index (κ2) is 18.7. The first-order valence-electron chi connectivity index (χ1n) is 18.6. The van der Waals surface area contributed by atoms with Gasteiger partial charge in [0.1, 0.15) is 17.4 Å². The number of likely N-dealkylation sites (tertiary alicyclic amines) is 1. The summed E-state index contributed by atoms with van der Waals surface area (Å²) in [6, 6.07) is 18.6. The molecule has 1 saturated heterocycles. The minimum Gasteiger partial charge on any atom is -0.486 e. The number of nitrogens with zero attached hydrogens (tertiary/aromatic N) is 4. The first kappa shape index (κ1) is 39.3. The number of halogens is 1. The van der Waals surface area contributed by atoms with Crippen molar-refractivity contribution in [2.45, 2.75) is 91.1 Å². The van der Waals surface area contributed by atoms with Crippen LogP contribution in [0.4, 0.5) is 9.59 Å². The quantitative estimate of drug-likeness (QED) is 0.141. The molecule has 1 aliphatic carbocycles. The Labute approximate surface area is 316 Å². The Bertz CT molecular complexity index is 1890. The smallest absolute Gasteiger partial charge is 0.409 e. The van der Waals surface area contributed by atoms with Gasteiger partial charge in [0.25, 0.3) is 0 Å². The Morgan fingerprint density at radius 3 is 2.30 bits per heavy atom. The number of rotatable bonds is 12. The number of ether oxygens (including phenoxy) is 3. The number of piperidine rings is 1. The third-order valence-electron chi connectivity index (χ3n) is 9.67. The summed E-state index contributed by atoms with van der Waals surface area (Å²) in [6.45, 7) is 10.3. The molecule has 1 fully saturated rings. The molecule has 0 bridgehead atoms. The standard InChI is InChI=1S/C37H42N4O5.C4H7ClO2/c1-4-21-45-37(44)40-19-17-25(18-20-40)28-15-14-27(22-24(28)5-2)46-33-16-13-26-9-7-10-29(35(26)33)31-11-8-12-34(39-31)41-32(6-3)30(23-38-41)36(42)43;1-2-3-7-4(5)6/h7-12,14-15,22-23,25,33H,4-6,13,16-21H2,1-3H3,(H,42,43);2-3H2,1H3/t33-;/m0./s1. The number of carboxylic acids is 1. The van der Waals surface area contributed by atoms with E-state index < -0.39 is 11.4 Å².